The number of carbonyl (C=O) groups is 1. The minimum atomic E-state index is -0.352. The second kappa shape index (κ2) is 6.27. The molecule has 1 fully saturated rings. The van der Waals surface area contributed by atoms with Crippen LogP contribution in [0.2, 0.25) is 0 Å². The maximum atomic E-state index is 12.2. The molecule has 2 atom stereocenters. The Morgan fingerprint density at radius 3 is 3.10 bits per heavy atom. The lowest BCUT2D eigenvalue weighted by Gasteiger charge is -2.26. The summed E-state index contributed by atoms with van der Waals surface area (Å²) in [5.74, 6) is 0.959. The molecule has 0 bridgehead atoms. The molecule has 3 rings (SSSR count). The van der Waals surface area contributed by atoms with E-state index in [9.17, 15) is 4.79 Å². The van der Waals surface area contributed by atoms with Gasteiger partial charge in [0.15, 0.2) is 11.9 Å². The zero-order valence-corrected chi connectivity index (χ0v) is 11.6. The highest BCUT2D eigenvalue weighted by atomic mass is 16.5. The molecule has 0 spiro atoms. The molecule has 0 saturated carbocycles. The van der Waals surface area contributed by atoms with Crippen LogP contribution in [-0.4, -0.2) is 31.1 Å². The maximum Gasteiger partial charge on any atom is 0.175 e. The monoisotopic (exact) mass is 275 g/mol. The van der Waals surface area contributed by atoms with E-state index in [1.165, 1.54) is 0 Å². The van der Waals surface area contributed by atoms with Crippen molar-refractivity contribution in [2.24, 2.45) is 0 Å². The van der Waals surface area contributed by atoms with Gasteiger partial charge in [0.05, 0.1) is 18.3 Å². The Hall–Kier alpha value is -1.55. The molecule has 4 heteroatoms. The van der Waals surface area contributed by atoms with Crippen LogP contribution < -0.4 is 10.1 Å². The number of rotatable bonds is 5. The lowest BCUT2D eigenvalue weighted by atomic mass is 10.0. The van der Waals surface area contributed by atoms with Crippen molar-refractivity contribution in [3.8, 4) is 5.75 Å². The Labute approximate surface area is 119 Å². The summed E-state index contributed by atoms with van der Waals surface area (Å²) < 4.78 is 11.3. The number of fused-ring (bicyclic) bond motifs is 1. The lowest BCUT2D eigenvalue weighted by Crippen LogP contribution is -2.37. The third-order valence-corrected chi connectivity index (χ3v) is 3.97. The molecule has 0 amide bonds. The summed E-state index contributed by atoms with van der Waals surface area (Å²) >= 11 is 0. The van der Waals surface area contributed by atoms with Gasteiger partial charge in [-0.1, -0.05) is 12.1 Å². The predicted octanol–water partition coefficient (Wildman–Crippen LogP) is 2.78. The fourth-order valence-corrected chi connectivity index (χ4v) is 2.83. The molecule has 0 aliphatic carbocycles. The van der Waals surface area contributed by atoms with E-state index < -0.39 is 0 Å². The van der Waals surface area contributed by atoms with Gasteiger partial charge < -0.3 is 14.8 Å². The fraction of sp³-hybridized carbons (Fsp3) is 0.562. The molecule has 2 aliphatic rings. The van der Waals surface area contributed by atoms with Gasteiger partial charge >= 0.3 is 0 Å². The minimum Gasteiger partial charge on any atom is -0.479 e. The lowest BCUT2D eigenvalue weighted by molar-refractivity contribution is -0.125. The molecule has 20 heavy (non-hydrogen) atoms. The predicted molar refractivity (Wildman–Crippen MR) is 77.2 cm³/mol. The molecule has 4 nitrogen and oxygen atoms in total. The standard InChI is InChI=1S/C16H21NO3/c18-14(8-3-5-12-6-4-10-19-12)16-11-17-13-7-1-2-9-15(13)20-16/h1-2,7,9,12,16-17H,3-6,8,10-11H2. The summed E-state index contributed by atoms with van der Waals surface area (Å²) in [6.07, 6.45) is 4.78. The highest BCUT2D eigenvalue weighted by Crippen LogP contribution is 2.29. The van der Waals surface area contributed by atoms with Crippen LogP contribution in [0.3, 0.4) is 0 Å². The number of ether oxygens (including phenoxy) is 2. The van der Waals surface area contributed by atoms with Crippen LogP contribution in [-0.2, 0) is 9.53 Å². The molecule has 108 valence electrons. The first kappa shape index (κ1) is 13.4. The van der Waals surface area contributed by atoms with Crippen LogP contribution in [0, 0.1) is 0 Å². The Morgan fingerprint density at radius 2 is 2.25 bits per heavy atom. The van der Waals surface area contributed by atoms with Crippen molar-refractivity contribution in [2.75, 3.05) is 18.5 Å². The number of hydrogen-bond acceptors (Lipinski definition) is 4. The van der Waals surface area contributed by atoms with Gasteiger partial charge in [0.25, 0.3) is 0 Å². The average Bonchev–Trinajstić information content (AvgIpc) is 3.00. The Kier molecular flexibility index (Phi) is 4.21. The number of benzene rings is 1. The van der Waals surface area contributed by atoms with Crippen LogP contribution in [0.4, 0.5) is 5.69 Å². The zero-order valence-electron chi connectivity index (χ0n) is 11.6. The van der Waals surface area contributed by atoms with Crippen molar-refractivity contribution in [1.82, 2.24) is 0 Å². The third-order valence-electron chi connectivity index (χ3n) is 3.97. The number of Topliss-reactive ketones (excluding diaryl/α,β-unsaturated/α-hetero) is 1. The summed E-state index contributed by atoms with van der Waals surface area (Å²) in [5, 5.41) is 3.25. The van der Waals surface area contributed by atoms with E-state index in [-0.39, 0.29) is 11.9 Å². The normalized spacial score (nSPS) is 24.6. The molecule has 0 radical (unpaired) electrons. The van der Waals surface area contributed by atoms with Crippen LogP contribution >= 0.6 is 0 Å². The molecule has 1 aromatic rings. The highest BCUT2D eigenvalue weighted by Gasteiger charge is 2.25. The van der Waals surface area contributed by atoms with E-state index in [2.05, 4.69) is 5.32 Å². The number of para-hydroxylation sites is 2. The van der Waals surface area contributed by atoms with Crippen molar-refractivity contribution in [3.05, 3.63) is 24.3 Å². The van der Waals surface area contributed by atoms with E-state index in [0.717, 1.165) is 43.7 Å². The minimum absolute atomic E-state index is 0.185. The van der Waals surface area contributed by atoms with Crippen molar-refractivity contribution < 1.29 is 14.3 Å². The molecular weight excluding hydrogens is 254 g/mol. The zero-order chi connectivity index (χ0) is 13.8. The van der Waals surface area contributed by atoms with E-state index in [1.54, 1.807) is 0 Å². The molecule has 2 unspecified atom stereocenters. The van der Waals surface area contributed by atoms with Gasteiger partial charge in [0, 0.05) is 13.0 Å². The van der Waals surface area contributed by atoms with Gasteiger partial charge in [0.2, 0.25) is 0 Å². The number of hydrogen-bond donors (Lipinski definition) is 1. The van der Waals surface area contributed by atoms with E-state index in [4.69, 9.17) is 9.47 Å². The first-order chi connectivity index (χ1) is 9.83. The molecule has 0 aromatic heterocycles. The number of anilines is 1. The van der Waals surface area contributed by atoms with Crippen molar-refractivity contribution in [2.45, 2.75) is 44.3 Å². The molecular formula is C16H21NO3. The van der Waals surface area contributed by atoms with Crippen molar-refractivity contribution in [3.63, 3.8) is 0 Å². The highest BCUT2D eigenvalue weighted by molar-refractivity contribution is 5.85. The molecule has 2 heterocycles. The van der Waals surface area contributed by atoms with E-state index in [0.29, 0.717) is 19.1 Å². The number of ketones is 1. The van der Waals surface area contributed by atoms with Gasteiger partial charge in [0.1, 0.15) is 5.75 Å². The average molecular weight is 275 g/mol. The number of nitrogens with one attached hydrogen (secondary N) is 1. The Morgan fingerprint density at radius 1 is 1.35 bits per heavy atom. The van der Waals surface area contributed by atoms with Crippen LogP contribution in [0.15, 0.2) is 24.3 Å². The summed E-state index contributed by atoms with van der Waals surface area (Å²) in [6, 6.07) is 7.74. The fourth-order valence-electron chi connectivity index (χ4n) is 2.83. The van der Waals surface area contributed by atoms with Crippen LogP contribution in [0.1, 0.15) is 32.1 Å². The molecule has 1 N–H and O–H groups in total. The maximum absolute atomic E-state index is 12.2. The number of carbonyl (C=O) groups excluding carboxylic acids is 1. The van der Waals surface area contributed by atoms with Crippen molar-refractivity contribution >= 4 is 11.5 Å². The van der Waals surface area contributed by atoms with Gasteiger partial charge in [-0.15, -0.1) is 0 Å². The Bertz CT molecular complexity index is 469. The van der Waals surface area contributed by atoms with Crippen molar-refractivity contribution in [1.29, 1.82) is 0 Å². The van der Waals surface area contributed by atoms with Gasteiger partial charge in [-0.3, -0.25) is 4.79 Å². The van der Waals surface area contributed by atoms with Crippen LogP contribution in [0.25, 0.3) is 0 Å². The van der Waals surface area contributed by atoms with Crippen LogP contribution in [0.5, 0.6) is 5.75 Å². The second-order valence-corrected chi connectivity index (χ2v) is 5.48. The van der Waals surface area contributed by atoms with E-state index >= 15 is 0 Å². The smallest absolute Gasteiger partial charge is 0.175 e. The SMILES string of the molecule is O=C(CCCC1CCCO1)C1CNc2ccccc2O1. The first-order valence-corrected chi connectivity index (χ1v) is 7.47. The topological polar surface area (TPSA) is 47.6 Å². The quantitative estimate of drug-likeness (QED) is 0.897. The van der Waals surface area contributed by atoms with Gasteiger partial charge in [-0.25, -0.2) is 0 Å². The second-order valence-electron chi connectivity index (χ2n) is 5.48. The summed E-state index contributed by atoms with van der Waals surface area (Å²) in [4.78, 5) is 12.2. The first-order valence-electron chi connectivity index (χ1n) is 7.47. The summed E-state index contributed by atoms with van der Waals surface area (Å²) in [7, 11) is 0. The Balaban J connectivity index is 1.46. The molecule has 1 saturated heterocycles. The van der Waals surface area contributed by atoms with Gasteiger partial charge in [-0.2, -0.15) is 0 Å². The summed E-state index contributed by atoms with van der Waals surface area (Å²) in [6.45, 7) is 1.45. The summed E-state index contributed by atoms with van der Waals surface area (Å²) in [5.41, 5.74) is 0.968. The largest absolute Gasteiger partial charge is 0.479 e. The molecule has 1 aromatic carbocycles. The van der Waals surface area contributed by atoms with Gasteiger partial charge in [-0.05, 0) is 37.8 Å². The molecule has 2 aliphatic heterocycles. The third kappa shape index (κ3) is 3.12. The van der Waals surface area contributed by atoms with E-state index in [1.807, 2.05) is 24.3 Å².